The fourth-order valence-electron chi connectivity index (χ4n) is 2.30. The van der Waals surface area contributed by atoms with Crippen LogP contribution >= 0.6 is 23.2 Å². The summed E-state index contributed by atoms with van der Waals surface area (Å²) >= 11 is 12.0. The Balaban J connectivity index is 2.35. The molecule has 0 saturated carbocycles. The molecule has 0 amide bonds. The van der Waals surface area contributed by atoms with E-state index in [0.29, 0.717) is 23.1 Å². The fraction of sp³-hybridized carbons (Fsp3) is 0.538. The van der Waals surface area contributed by atoms with E-state index in [9.17, 15) is 8.42 Å². The molecule has 1 aromatic carbocycles. The second-order valence-electron chi connectivity index (χ2n) is 5.06. The zero-order chi connectivity index (χ0) is 15.5. The molecule has 2 rings (SSSR count). The third-order valence-corrected chi connectivity index (χ3v) is 4.84. The molecule has 1 saturated heterocycles. The van der Waals surface area contributed by atoms with Gasteiger partial charge in [-0.2, -0.15) is 0 Å². The van der Waals surface area contributed by atoms with E-state index in [1.807, 2.05) is 6.07 Å². The number of halogens is 2. The summed E-state index contributed by atoms with van der Waals surface area (Å²) in [6.07, 6.45) is 1.76. The lowest BCUT2D eigenvalue weighted by atomic mass is 9.90. The maximum atomic E-state index is 11.4. The summed E-state index contributed by atoms with van der Waals surface area (Å²) in [7, 11) is -3.31. The molecule has 21 heavy (non-hydrogen) atoms. The van der Waals surface area contributed by atoms with Gasteiger partial charge in [0, 0.05) is 13.1 Å². The van der Waals surface area contributed by atoms with Crippen LogP contribution in [0.15, 0.2) is 18.2 Å². The molecule has 1 aliphatic rings. The van der Waals surface area contributed by atoms with Gasteiger partial charge in [-0.1, -0.05) is 29.3 Å². The predicted molar refractivity (Wildman–Crippen MR) is 84.4 cm³/mol. The lowest BCUT2D eigenvalue weighted by Crippen LogP contribution is -2.43. The van der Waals surface area contributed by atoms with Crippen molar-refractivity contribution in [3.05, 3.63) is 33.8 Å². The average Bonchev–Trinajstić information content (AvgIpc) is 2.65. The molecule has 1 fully saturated rings. The zero-order valence-corrected chi connectivity index (χ0v) is 14.0. The van der Waals surface area contributed by atoms with Gasteiger partial charge in [0.05, 0.1) is 22.9 Å². The van der Waals surface area contributed by atoms with E-state index in [1.54, 1.807) is 12.1 Å². The highest BCUT2D eigenvalue weighted by molar-refractivity contribution is 7.88. The Morgan fingerprint density at radius 2 is 2.10 bits per heavy atom. The summed E-state index contributed by atoms with van der Waals surface area (Å²) in [4.78, 5) is 0. The molecule has 1 heterocycles. The zero-order valence-electron chi connectivity index (χ0n) is 11.7. The van der Waals surface area contributed by atoms with E-state index < -0.39 is 15.6 Å². The van der Waals surface area contributed by atoms with Crippen molar-refractivity contribution in [2.24, 2.45) is 0 Å². The van der Waals surface area contributed by atoms with Gasteiger partial charge in [0.1, 0.15) is 5.60 Å². The molecule has 0 spiro atoms. The Labute approximate surface area is 135 Å². The monoisotopic (exact) mass is 352 g/mol. The molecule has 0 radical (unpaired) electrons. The van der Waals surface area contributed by atoms with Crippen molar-refractivity contribution in [2.45, 2.75) is 12.0 Å². The first kappa shape index (κ1) is 17.0. The maximum Gasteiger partial charge on any atom is 0.208 e. The summed E-state index contributed by atoms with van der Waals surface area (Å²) in [5, 5.41) is 4.12. The third kappa shape index (κ3) is 4.55. The van der Waals surface area contributed by atoms with Crippen LogP contribution in [0.25, 0.3) is 0 Å². The largest absolute Gasteiger partial charge is 0.368 e. The molecule has 1 atom stereocenters. The standard InChI is InChI=1S/C13H18Cl2N2O3S/c1-21(18,19)17-9-13(4-5-16-6-7-20-13)10-2-3-11(14)12(15)8-10/h2-3,8,16-17H,4-7,9H2,1H3/t13-/m1/s1. The van der Waals surface area contributed by atoms with Gasteiger partial charge in [0.2, 0.25) is 10.0 Å². The molecular weight excluding hydrogens is 335 g/mol. The number of hydrogen-bond acceptors (Lipinski definition) is 4. The Bertz CT molecular complexity index is 599. The summed E-state index contributed by atoms with van der Waals surface area (Å²) in [5.74, 6) is 0. The molecule has 0 aromatic heterocycles. The van der Waals surface area contributed by atoms with Crippen LogP contribution in [-0.2, 0) is 20.4 Å². The van der Waals surface area contributed by atoms with E-state index in [4.69, 9.17) is 27.9 Å². The molecule has 5 nitrogen and oxygen atoms in total. The molecule has 0 bridgehead atoms. The average molecular weight is 353 g/mol. The molecule has 1 aliphatic heterocycles. The summed E-state index contributed by atoms with van der Waals surface area (Å²) in [6.45, 7) is 2.10. The first-order chi connectivity index (χ1) is 9.82. The van der Waals surface area contributed by atoms with Crippen molar-refractivity contribution in [3.8, 4) is 0 Å². The Hall–Kier alpha value is -0.370. The predicted octanol–water partition coefficient (Wildman–Crippen LogP) is 1.75. The number of sulfonamides is 1. The van der Waals surface area contributed by atoms with Crippen LogP contribution in [0.2, 0.25) is 10.0 Å². The Morgan fingerprint density at radius 3 is 2.76 bits per heavy atom. The number of benzene rings is 1. The van der Waals surface area contributed by atoms with Crippen molar-refractivity contribution in [1.82, 2.24) is 10.0 Å². The third-order valence-electron chi connectivity index (χ3n) is 3.43. The molecule has 2 N–H and O–H groups in total. The second kappa shape index (κ2) is 6.81. The number of nitrogens with one attached hydrogen (secondary N) is 2. The SMILES string of the molecule is CS(=O)(=O)NC[C@@]1(c2ccc(Cl)c(Cl)c2)CCNCCO1. The molecule has 118 valence electrons. The fourth-order valence-corrected chi connectivity index (χ4v) is 3.10. The van der Waals surface area contributed by atoms with Gasteiger partial charge in [-0.05, 0) is 30.7 Å². The first-order valence-corrected chi connectivity index (χ1v) is 9.22. The molecule has 0 unspecified atom stereocenters. The number of ether oxygens (including phenoxy) is 1. The van der Waals surface area contributed by atoms with Crippen molar-refractivity contribution in [1.29, 1.82) is 0 Å². The summed E-state index contributed by atoms with van der Waals surface area (Å²) in [5.41, 5.74) is 0.0672. The highest BCUT2D eigenvalue weighted by Gasteiger charge is 2.35. The van der Waals surface area contributed by atoms with Crippen LogP contribution in [0.4, 0.5) is 0 Å². The van der Waals surface area contributed by atoms with Gasteiger partial charge in [-0.15, -0.1) is 0 Å². The highest BCUT2D eigenvalue weighted by atomic mass is 35.5. The minimum Gasteiger partial charge on any atom is -0.368 e. The highest BCUT2D eigenvalue weighted by Crippen LogP contribution is 2.34. The van der Waals surface area contributed by atoms with E-state index >= 15 is 0 Å². The topological polar surface area (TPSA) is 67.4 Å². The van der Waals surface area contributed by atoms with Crippen LogP contribution in [-0.4, -0.2) is 40.9 Å². The quantitative estimate of drug-likeness (QED) is 0.866. The van der Waals surface area contributed by atoms with E-state index in [-0.39, 0.29) is 6.54 Å². The van der Waals surface area contributed by atoms with Crippen LogP contribution in [0.1, 0.15) is 12.0 Å². The van der Waals surface area contributed by atoms with Gasteiger partial charge in [-0.25, -0.2) is 13.1 Å². The first-order valence-electron chi connectivity index (χ1n) is 6.57. The maximum absolute atomic E-state index is 11.4. The van der Waals surface area contributed by atoms with Crippen LogP contribution in [0.3, 0.4) is 0 Å². The van der Waals surface area contributed by atoms with Gasteiger partial charge in [-0.3, -0.25) is 0 Å². The van der Waals surface area contributed by atoms with Gasteiger partial charge < -0.3 is 10.1 Å². The summed E-state index contributed by atoms with van der Waals surface area (Å²) < 4.78 is 31.4. The van der Waals surface area contributed by atoms with Crippen molar-refractivity contribution in [3.63, 3.8) is 0 Å². The normalized spacial score (nSPS) is 23.8. The van der Waals surface area contributed by atoms with Crippen LogP contribution < -0.4 is 10.0 Å². The molecular formula is C13H18Cl2N2O3S. The van der Waals surface area contributed by atoms with Gasteiger partial charge in [0.15, 0.2) is 0 Å². The minimum absolute atomic E-state index is 0.158. The Morgan fingerprint density at radius 1 is 1.33 bits per heavy atom. The molecule has 0 aliphatic carbocycles. The number of rotatable bonds is 4. The van der Waals surface area contributed by atoms with E-state index in [1.165, 1.54) is 0 Å². The van der Waals surface area contributed by atoms with Crippen molar-refractivity contribution in [2.75, 3.05) is 32.5 Å². The van der Waals surface area contributed by atoms with Crippen molar-refractivity contribution < 1.29 is 13.2 Å². The van der Waals surface area contributed by atoms with Crippen LogP contribution in [0.5, 0.6) is 0 Å². The minimum atomic E-state index is -3.31. The van der Waals surface area contributed by atoms with Crippen molar-refractivity contribution >= 4 is 33.2 Å². The molecule has 8 heteroatoms. The molecule has 1 aromatic rings. The van der Waals surface area contributed by atoms with E-state index in [0.717, 1.165) is 24.9 Å². The second-order valence-corrected chi connectivity index (χ2v) is 7.71. The van der Waals surface area contributed by atoms with Gasteiger partial charge in [0.25, 0.3) is 0 Å². The summed E-state index contributed by atoms with van der Waals surface area (Å²) in [6, 6.07) is 5.26. The smallest absolute Gasteiger partial charge is 0.208 e. The lowest BCUT2D eigenvalue weighted by Gasteiger charge is -2.33. The van der Waals surface area contributed by atoms with Gasteiger partial charge >= 0.3 is 0 Å². The Kier molecular flexibility index (Phi) is 5.51. The lowest BCUT2D eigenvalue weighted by molar-refractivity contribution is -0.0381. The van der Waals surface area contributed by atoms with E-state index in [2.05, 4.69) is 10.0 Å². The number of hydrogen-bond donors (Lipinski definition) is 2. The van der Waals surface area contributed by atoms with Crippen LogP contribution in [0, 0.1) is 0 Å².